The molecule has 0 aliphatic rings. The van der Waals surface area contributed by atoms with Crippen LogP contribution in [0.15, 0.2) is 0 Å². The maximum atomic E-state index is 9.15. The van der Waals surface area contributed by atoms with Crippen molar-refractivity contribution < 1.29 is 0 Å². The van der Waals surface area contributed by atoms with Crippen LogP contribution in [0.5, 0.6) is 0 Å². The molecule has 0 amide bonds. The van der Waals surface area contributed by atoms with Gasteiger partial charge < -0.3 is 11.1 Å². The zero-order valence-electron chi connectivity index (χ0n) is 16.8. The number of hydrogen-bond donors (Lipinski definition) is 4. The number of nitrogens with zero attached hydrogens (tertiary/aromatic N) is 4. The quantitative estimate of drug-likeness (QED) is 0.114. The molecule has 0 aromatic rings. The molecule has 0 saturated carbocycles. The SMILES string of the molecule is CCCCCCCCCCCCNC(=N)N(C#N)CCCN(C#N)C(=N)N. The zero-order valence-corrected chi connectivity index (χ0v) is 16.8. The summed E-state index contributed by atoms with van der Waals surface area (Å²) in [4.78, 5) is 2.31. The second-order valence-electron chi connectivity index (χ2n) is 6.70. The van der Waals surface area contributed by atoms with Crippen LogP contribution < -0.4 is 11.1 Å². The first kappa shape index (κ1) is 24.5. The molecule has 0 heterocycles. The van der Waals surface area contributed by atoms with E-state index in [4.69, 9.17) is 27.1 Å². The lowest BCUT2D eigenvalue weighted by Gasteiger charge is -2.19. The molecule has 0 bridgehead atoms. The second-order valence-corrected chi connectivity index (χ2v) is 6.70. The normalized spacial score (nSPS) is 9.89. The Bertz CT molecular complexity index is 491. The van der Waals surface area contributed by atoms with Crippen molar-refractivity contribution in [1.29, 1.82) is 21.3 Å². The first-order chi connectivity index (χ1) is 13.1. The van der Waals surface area contributed by atoms with Gasteiger partial charge in [-0.05, 0) is 12.8 Å². The Morgan fingerprint density at radius 3 is 1.78 bits per heavy atom. The van der Waals surface area contributed by atoms with Crippen molar-refractivity contribution in [2.24, 2.45) is 5.73 Å². The van der Waals surface area contributed by atoms with E-state index in [1.54, 1.807) is 0 Å². The molecule has 0 saturated heterocycles. The molecule has 0 aliphatic carbocycles. The highest BCUT2D eigenvalue weighted by atomic mass is 15.3. The second kappa shape index (κ2) is 17.0. The molecule has 0 unspecified atom stereocenters. The van der Waals surface area contributed by atoms with Crippen molar-refractivity contribution in [3.8, 4) is 12.4 Å². The Morgan fingerprint density at radius 2 is 1.30 bits per heavy atom. The highest BCUT2D eigenvalue weighted by molar-refractivity contribution is 5.78. The van der Waals surface area contributed by atoms with Gasteiger partial charge in [0.2, 0.25) is 11.9 Å². The fourth-order valence-electron chi connectivity index (χ4n) is 2.74. The summed E-state index contributed by atoms with van der Waals surface area (Å²) in [5.41, 5.74) is 5.26. The topological polar surface area (TPSA) is 140 Å². The molecule has 27 heavy (non-hydrogen) atoms. The van der Waals surface area contributed by atoms with E-state index in [-0.39, 0.29) is 18.5 Å². The third-order valence-corrected chi connectivity index (χ3v) is 4.39. The molecular weight excluding hydrogens is 340 g/mol. The van der Waals surface area contributed by atoms with Gasteiger partial charge in [0.15, 0.2) is 12.4 Å². The van der Waals surface area contributed by atoms with E-state index in [0.717, 1.165) is 17.7 Å². The van der Waals surface area contributed by atoms with Crippen LogP contribution >= 0.6 is 0 Å². The molecule has 8 nitrogen and oxygen atoms in total. The number of hydrogen-bond acceptors (Lipinski definition) is 4. The van der Waals surface area contributed by atoms with E-state index < -0.39 is 0 Å². The van der Waals surface area contributed by atoms with Gasteiger partial charge in [-0.3, -0.25) is 10.8 Å². The minimum absolute atomic E-state index is 0.0831. The summed E-state index contributed by atoms with van der Waals surface area (Å²) in [7, 11) is 0. The van der Waals surface area contributed by atoms with E-state index in [1.165, 1.54) is 56.3 Å². The lowest BCUT2D eigenvalue weighted by atomic mass is 10.1. The van der Waals surface area contributed by atoms with Crippen LogP contribution in [0.1, 0.15) is 77.6 Å². The molecule has 5 N–H and O–H groups in total. The van der Waals surface area contributed by atoms with Gasteiger partial charge in [0.1, 0.15) is 0 Å². The Hall–Kier alpha value is -2.48. The van der Waals surface area contributed by atoms with Crippen molar-refractivity contribution in [2.75, 3.05) is 19.6 Å². The van der Waals surface area contributed by atoms with Crippen molar-refractivity contribution in [3.05, 3.63) is 0 Å². The average molecular weight is 377 g/mol. The summed E-state index contributed by atoms with van der Waals surface area (Å²) in [5, 5.41) is 36.1. The Morgan fingerprint density at radius 1 is 0.815 bits per heavy atom. The average Bonchev–Trinajstić information content (AvgIpc) is 2.65. The van der Waals surface area contributed by atoms with Gasteiger partial charge in [-0.2, -0.15) is 10.5 Å². The Labute approximate surface area is 164 Å². The summed E-state index contributed by atoms with van der Waals surface area (Å²) in [5.74, 6) is -0.227. The van der Waals surface area contributed by atoms with Crippen molar-refractivity contribution in [2.45, 2.75) is 77.6 Å². The standard InChI is InChI=1S/C19H36N8/c1-2-3-4-5-6-7-8-9-10-11-13-25-19(24)27(17-21)15-12-14-26(16-20)18(22)23/h2-15H2,1H3,(H3,22,23)(H2,24,25). The van der Waals surface area contributed by atoms with Gasteiger partial charge in [-0.1, -0.05) is 64.7 Å². The Balaban J connectivity index is 3.70. The predicted molar refractivity (Wildman–Crippen MR) is 109 cm³/mol. The third kappa shape index (κ3) is 13.4. The summed E-state index contributed by atoms with van der Waals surface area (Å²) in [6.07, 6.45) is 16.9. The van der Waals surface area contributed by atoms with Crippen LogP contribution in [-0.2, 0) is 0 Å². The third-order valence-electron chi connectivity index (χ3n) is 4.39. The lowest BCUT2D eigenvalue weighted by Crippen LogP contribution is -2.40. The van der Waals surface area contributed by atoms with Gasteiger partial charge in [0.05, 0.1) is 0 Å². The van der Waals surface area contributed by atoms with Crippen LogP contribution in [0.4, 0.5) is 0 Å². The van der Waals surface area contributed by atoms with Crippen LogP contribution in [0, 0.1) is 33.7 Å². The van der Waals surface area contributed by atoms with Gasteiger partial charge in [-0.25, -0.2) is 9.80 Å². The smallest absolute Gasteiger partial charge is 0.204 e. The fourth-order valence-corrected chi connectivity index (χ4v) is 2.74. The molecule has 0 aromatic heterocycles. The summed E-state index contributed by atoms with van der Waals surface area (Å²) < 4.78 is 0. The highest BCUT2D eigenvalue weighted by Crippen LogP contribution is 2.10. The monoisotopic (exact) mass is 376 g/mol. The molecule has 0 aliphatic heterocycles. The van der Waals surface area contributed by atoms with E-state index in [1.807, 2.05) is 12.4 Å². The summed E-state index contributed by atoms with van der Waals surface area (Å²) in [6.45, 7) is 3.49. The molecule has 0 spiro atoms. The van der Waals surface area contributed by atoms with Crippen molar-refractivity contribution >= 4 is 11.9 Å². The highest BCUT2D eigenvalue weighted by Gasteiger charge is 2.10. The lowest BCUT2D eigenvalue weighted by molar-refractivity contribution is 0.464. The molecule has 0 atom stereocenters. The summed E-state index contributed by atoms with van der Waals surface area (Å²) >= 11 is 0. The fraction of sp³-hybridized carbons (Fsp3) is 0.789. The van der Waals surface area contributed by atoms with Crippen LogP contribution in [0.3, 0.4) is 0 Å². The van der Waals surface area contributed by atoms with E-state index in [9.17, 15) is 0 Å². The summed E-state index contributed by atoms with van der Waals surface area (Å²) in [6, 6.07) is 0. The van der Waals surface area contributed by atoms with Gasteiger partial charge in [-0.15, -0.1) is 0 Å². The molecule has 0 rings (SSSR count). The number of unbranched alkanes of at least 4 members (excludes halogenated alkanes) is 9. The first-order valence-corrected chi connectivity index (χ1v) is 10.1. The van der Waals surface area contributed by atoms with Gasteiger partial charge in [0.25, 0.3) is 0 Å². The van der Waals surface area contributed by atoms with Crippen LogP contribution in [-0.4, -0.2) is 41.4 Å². The molecule has 8 heteroatoms. The van der Waals surface area contributed by atoms with E-state index >= 15 is 0 Å². The van der Waals surface area contributed by atoms with Crippen LogP contribution in [0.25, 0.3) is 0 Å². The minimum Gasteiger partial charge on any atom is -0.369 e. The molecule has 0 radical (unpaired) electrons. The van der Waals surface area contributed by atoms with Gasteiger partial charge >= 0.3 is 0 Å². The zero-order chi connectivity index (χ0) is 20.3. The van der Waals surface area contributed by atoms with E-state index in [0.29, 0.717) is 19.5 Å². The molecule has 0 fully saturated rings. The number of rotatable bonds is 15. The maximum Gasteiger partial charge on any atom is 0.204 e. The number of nitrogens with two attached hydrogens (primary N) is 1. The van der Waals surface area contributed by atoms with Crippen molar-refractivity contribution in [1.82, 2.24) is 15.1 Å². The van der Waals surface area contributed by atoms with Crippen LogP contribution in [0.2, 0.25) is 0 Å². The minimum atomic E-state index is -0.310. The molecule has 0 aromatic carbocycles. The number of guanidine groups is 2. The Kier molecular flexibility index (Phi) is 15.4. The number of nitrogens with one attached hydrogen (secondary N) is 3. The predicted octanol–water partition coefficient (Wildman–Crippen LogP) is 3.28. The van der Waals surface area contributed by atoms with Gasteiger partial charge in [0, 0.05) is 19.6 Å². The molecule has 152 valence electrons. The van der Waals surface area contributed by atoms with E-state index in [2.05, 4.69) is 12.2 Å². The number of nitriles is 2. The largest absolute Gasteiger partial charge is 0.369 e. The maximum absolute atomic E-state index is 9.15. The molecular formula is C19H36N8. The van der Waals surface area contributed by atoms with Crippen molar-refractivity contribution in [3.63, 3.8) is 0 Å². The first-order valence-electron chi connectivity index (χ1n) is 10.1.